The molecule has 2 aliphatic carbocycles. The van der Waals surface area contributed by atoms with Crippen molar-refractivity contribution in [1.29, 1.82) is 0 Å². The number of likely N-dealkylation sites (tertiary alicyclic amines) is 1. The molecule has 3 heterocycles. The van der Waals surface area contributed by atoms with E-state index in [1.807, 2.05) is 12.1 Å². The molecule has 4 atom stereocenters. The van der Waals surface area contributed by atoms with Gasteiger partial charge in [-0.3, -0.25) is 19.3 Å². The number of piperidine rings is 2. The minimum absolute atomic E-state index is 0.184. The molecule has 7 heteroatoms. The number of benzene rings is 1. The van der Waals surface area contributed by atoms with E-state index >= 15 is 0 Å². The Bertz CT molecular complexity index is 935. The highest BCUT2D eigenvalue weighted by atomic mass is 16.5. The second-order valence-electron chi connectivity index (χ2n) is 10.3. The molecule has 170 valence electrons. The fraction of sp³-hybridized carbons (Fsp3) is 0.640. The van der Waals surface area contributed by atoms with Crippen LogP contribution in [0.5, 0.6) is 5.75 Å². The molecule has 0 N–H and O–H groups in total. The van der Waals surface area contributed by atoms with E-state index in [0.717, 1.165) is 34.6 Å². The highest BCUT2D eigenvalue weighted by Gasteiger charge is 2.42. The molecule has 5 aliphatic rings. The number of nitrogens with zero attached hydrogens (tertiary/aromatic N) is 3. The second kappa shape index (κ2) is 7.87. The fourth-order valence-electron chi connectivity index (χ4n) is 6.68. The van der Waals surface area contributed by atoms with Crippen molar-refractivity contribution in [3.8, 4) is 5.75 Å². The minimum atomic E-state index is -0.289. The lowest BCUT2D eigenvalue weighted by Gasteiger charge is -2.38. The van der Waals surface area contributed by atoms with Gasteiger partial charge in [0.25, 0.3) is 5.91 Å². The van der Waals surface area contributed by atoms with E-state index in [4.69, 9.17) is 4.74 Å². The Morgan fingerprint density at radius 2 is 1.62 bits per heavy atom. The maximum atomic E-state index is 12.9. The van der Waals surface area contributed by atoms with Crippen LogP contribution < -0.4 is 4.74 Å². The number of amides is 3. The first kappa shape index (κ1) is 20.2. The molecule has 1 aromatic rings. The third kappa shape index (κ3) is 3.41. The Morgan fingerprint density at radius 3 is 2.38 bits per heavy atom. The molecule has 3 aliphatic heterocycles. The SMILES string of the molecule is O=C1c2ccc(O[C@H]3CCC[C@@H]3N3CC4CCC(C4)C3)cc2CN1N1C(=O)CCCC1=O. The zero-order valence-electron chi connectivity index (χ0n) is 18.5. The first-order valence-electron chi connectivity index (χ1n) is 12.3. The fourth-order valence-corrected chi connectivity index (χ4v) is 6.68. The van der Waals surface area contributed by atoms with Gasteiger partial charge in [0.05, 0.1) is 6.54 Å². The lowest BCUT2D eigenvalue weighted by molar-refractivity contribution is -0.163. The molecule has 1 aromatic carbocycles. The van der Waals surface area contributed by atoms with Crippen LogP contribution in [0, 0.1) is 11.8 Å². The lowest BCUT2D eigenvalue weighted by Crippen LogP contribution is -2.51. The first-order chi connectivity index (χ1) is 15.6. The summed E-state index contributed by atoms with van der Waals surface area (Å²) in [4.78, 5) is 40.2. The topological polar surface area (TPSA) is 70.2 Å². The molecular formula is C25H31N3O4. The molecule has 2 saturated carbocycles. The first-order valence-corrected chi connectivity index (χ1v) is 12.3. The monoisotopic (exact) mass is 437 g/mol. The zero-order chi connectivity index (χ0) is 21.8. The van der Waals surface area contributed by atoms with Gasteiger partial charge in [-0.2, -0.15) is 5.01 Å². The summed E-state index contributed by atoms with van der Waals surface area (Å²) >= 11 is 0. The number of ether oxygens (including phenoxy) is 1. The van der Waals surface area contributed by atoms with Crippen molar-refractivity contribution in [2.24, 2.45) is 11.8 Å². The van der Waals surface area contributed by atoms with Gasteiger partial charge >= 0.3 is 0 Å². The number of fused-ring (bicyclic) bond motifs is 3. The van der Waals surface area contributed by atoms with E-state index in [-0.39, 0.29) is 30.4 Å². The van der Waals surface area contributed by atoms with Gasteiger partial charge in [-0.25, -0.2) is 5.01 Å². The Balaban J connectivity index is 1.17. The Morgan fingerprint density at radius 1 is 0.875 bits per heavy atom. The molecule has 0 aromatic heterocycles. The smallest absolute Gasteiger partial charge is 0.273 e. The van der Waals surface area contributed by atoms with Crippen LogP contribution in [0.2, 0.25) is 0 Å². The van der Waals surface area contributed by atoms with Gasteiger partial charge in [0.1, 0.15) is 11.9 Å². The Labute approximate surface area is 188 Å². The van der Waals surface area contributed by atoms with Gasteiger partial charge in [0, 0.05) is 37.5 Å². The van der Waals surface area contributed by atoms with E-state index in [9.17, 15) is 14.4 Å². The quantitative estimate of drug-likeness (QED) is 0.677. The van der Waals surface area contributed by atoms with Gasteiger partial charge in [0.2, 0.25) is 11.8 Å². The highest BCUT2D eigenvalue weighted by Crippen LogP contribution is 2.40. The lowest BCUT2D eigenvalue weighted by atomic mass is 9.96. The van der Waals surface area contributed by atoms with Crippen LogP contribution in [0.15, 0.2) is 18.2 Å². The number of carbonyl (C=O) groups is 3. The van der Waals surface area contributed by atoms with Gasteiger partial charge in [-0.05, 0) is 80.5 Å². The standard InChI is InChI=1S/C25H31N3O4/c29-23-5-2-6-24(30)28(23)27-15-18-12-19(9-10-20(18)25(27)31)32-22-4-1-3-21(22)26-13-16-7-8-17(11-16)14-26/h9-10,12,16-17,21-22H,1-8,11,13-15H2/t16?,17?,21-,22-/m0/s1. The number of carbonyl (C=O) groups excluding carboxylic acids is 3. The molecule has 2 saturated heterocycles. The molecule has 6 rings (SSSR count). The summed E-state index contributed by atoms with van der Waals surface area (Å²) in [7, 11) is 0. The summed E-state index contributed by atoms with van der Waals surface area (Å²) in [5, 5.41) is 2.37. The predicted octanol–water partition coefficient (Wildman–Crippen LogP) is 3.13. The molecule has 3 amide bonds. The van der Waals surface area contributed by atoms with Crippen molar-refractivity contribution >= 4 is 17.7 Å². The summed E-state index contributed by atoms with van der Waals surface area (Å²) in [6.45, 7) is 2.67. The van der Waals surface area contributed by atoms with Crippen molar-refractivity contribution in [3.63, 3.8) is 0 Å². The van der Waals surface area contributed by atoms with Crippen LogP contribution >= 0.6 is 0 Å². The normalized spacial score (nSPS) is 32.7. The van der Waals surface area contributed by atoms with E-state index in [2.05, 4.69) is 4.90 Å². The summed E-state index contributed by atoms with van der Waals surface area (Å²) < 4.78 is 6.50. The summed E-state index contributed by atoms with van der Waals surface area (Å²) in [6.07, 6.45) is 8.99. The van der Waals surface area contributed by atoms with Crippen molar-refractivity contribution in [2.45, 2.75) is 76.5 Å². The van der Waals surface area contributed by atoms with Gasteiger partial charge in [0.15, 0.2) is 0 Å². The maximum Gasteiger partial charge on any atom is 0.273 e. The molecule has 0 spiro atoms. The van der Waals surface area contributed by atoms with Crippen molar-refractivity contribution < 1.29 is 19.1 Å². The van der Waals surface area contributed by atoms with Gasteiger partial charge < -0.3 is 4.74 Å². The maximum absolute atomic E-state index is 12.9. The van der Waals surface area contributed by atoms with E-state index < -0.39 is 0 Å². The van der Waals surface area contributed by atoms with E-state index in [0.29, 0.717) is 30.9 Å². The summed E-state index contributed by atoms with van der Waals surface area (Å²) in [5.74, 6) is 1.66. The van der Waals surface area contributed by atoms with Crippen molar-refractivity contribution in [2.75, 3.05) is 13.1 Å². The zero-order valence-corrected chi connectivity index (χ0v) is 18.5. The van der Waals surface area contributed by atoms with E-state index in [1.54, 1.807) is 6.07 Å². The third-order valence-corrected chi connectivity index (χ3v) is 8.17. The summed E-state index contributed by atoms with van der Waals surface area (Å²) in [6, 6.07) is 6.07. The number of hydrogen-bond donors (Lipinski definition) is 0. The van der Waals surface area contributed by atoms with Crippen LogP contribution in [0.3, 0.4) is 0 Å². The second-order valence-corrected chi connectivity index (χ2v) is 10.3. The summed E-state index contributed by atoms with van der Waals surface area (Å²) in [5.41, 5.74) is 1.38. The largest absolute Gasteiger partial charge is 0.489 e. The molecule has 4 fully saturated rings. The molecule has 0 radical (unpaired) electrons. The molecule has 2 bridgehead atoms. The van der Waals surface area contributed by atoms with Crippen molar-refractivity contribution in [1.82, 2.24) is 14.9 Å². The van der Waals surface area contributed by atoms with Gasteiger partial charge in [-0.15, -0.1) is 0 Å². The Kier molecular flexibility index (Phi) is 4.97. The van der Waals surface area contributed by atoms with Gasteiger partial charge in [-0.1, -0.05) is 0 Å². The minimum Gasteiger partial charge on any atom is -0.489 e. The van der Waals surface area contributed by atoms with Crippen LogP contribution in [-0.2, 0) is 16.1 Å². The van der Waals surface area contributed by atoms with Crippen LogP contribution in [0.4, 0.5) is 0 Å². The van der Waals surface area contributed by atoms with Crippen LogP contribution in [0.25, 0.3) is 0 Å². The van der Waals surface area contributed by atoms with Crippen molar-refractivity contribution in [3.05, 3.63) is 29.3 Å². The molecular weight excluding hydrogens is 406 g/mol. The highest BCUT2D eigenvalue weighted by molar-refractivity contribution is 6.04. The third-order valence-electron chi connectivity index (χ3n) is 8.17. The number of imide groups is 1. The predicted molar refractivity (Wildman–Crippen MR) is 116 cm³/mol. The molecule has 32 heavy (non-hydrogen) atoms. The van der Waals surface area contributed by atoms with E-state index in [1.165, 1.54) is 50.2 Å². The average Bonchev–Trinajstić information content (AvgIpc) is 3.46. The molecule has 7 nitrogen and oxygen atoms in total. The number of rotatable bonds is 4. The Hall–Kier alpha value is -2.41. The van der Waals surface area contributed by atoms with Crippen LogP contribution in [0.1, 0.15) is 73.7 Å². The molecule has 2 unspecified atom stereocenters. The average molecular weight is 438 g/mol. The number of hydrogen-bond acceptors (Lipinski definition) is 5. The number of hydrazine groups is 1. The van der Waals surface area contributed by atoms with Crippen LogP contribution in [-0.4, -0.2) is 57.9 Å².